The van der Waals surface area contributed by atoms with E-state index in [1.807, 2.05) is 12.1 Å². The Morgan fingerprint density at radius 2 is 1.74 bits per heavy atom. The molecule has 1 nitrogen and oxygen atoms in total. The van der Waals surface area contributed by atoms with Crippen molar-refractivity contribution in [2.75, 3.05) is 0 Å². The zero-order valence-electron chi connectivity index (χ0n) is 10.4. The molecular weight excluding hydrogens is 272 g/mol. The SMILES string of the molecule is Cc1ccc(-c2c(C(O)=S)sc3ccccc23)cc1. The van der Waals surface area contributed by atoms with E-state index in [0.717, 1.165) is 26.1 Å². The highest BCUT2D eigenvalue weighted by Crippen LogP contribution is 2.38. The molecule has 1 N–H and O–H groups in total. The molecule has 0 atom stereocenters. The maximum atomic E-state index is 9.76. The number of benzene rings is 2. The Kier molecular flexibility index (Phi) is 3.09. The molecule has 1 heterocycles. The highest BCUT2D eigenvalue weighted by atomic mass is 32.1. The van der Waals surface area contributed by atoms with Crippen LogP contribution in [-0.4, -0.2) is 10.2 Å². The highest BCUT2D eigenvalue weighted by Gasteiger charge is 2.16. The van der Waals surface area contributed by atoms with Gasteiger partial charge in [0.05, 0.1) is 4.88 Å². The fourth-order valence-corrected chi connectivity index (χ4v) is 3.49. The van der Waals surface area contributed by atoms with Gasteiger partial charge in [0.25, 0.3) is 0 Å². The summed E-state index contributed by atoms with van der Waals surface area (Å²) in [5, 5.41) is 10.9. The topological polar surface area (TPSA) is 20.2 Å². The smallest absolute Gasteiger partial charge is 0.199 e. The number of aliphatic hydroxyl groups is 1. The van der Waals surface area contributed by atoms with Crippen molar-refractivity contribution in [3.63, 3.8) is 0 Å². The summed E-state index contributed by atoms with van der Waals surface area (Å²) >= 11 is 6.52. The summed E-state index contributed by atoms with van der Waals surface area (Å²) in [4.78, 5) is 0.778. The van der Waals surface area contributed by atoms with Crippen molar-refractivity contribution in [3.05, 3.63) is 59.0 Å². The zero-order valence-corrected chi connectivity index (χ0v) is 12.0. The number of hydrogen-bond acceptors (Lipinski definition) is 2. The second kappa shape index (κ2) is 4.76. The van der Waals surface area contributed by atoms with Crippen LogP contribution in [-0.2, 0) is 0 Å². The standard InChI is InChI=1S/C16H12OS2/c1-10-6-8-11(9-7-10)14-12-4-2-3-5-13(12)19-15(14)16(17)18/h2-9H,1H3,(H,17,18). The number of rotatable bonds is 2. The maximum absolute atomic E-state index is 9.76. The van der Waals surface area contributed by atoms with Crippen LogP contribution in [0, 0.1) is 6.92 Å². The largest absolute Gasteiger partial charge is 0.498 e. The molecule has 0 bridgehead atoms. The lowest BCUT2D eigenvalue weighted by atomic mass is 10.0. The second-order valence-electron chi connectivity index (χ2n) is 4.47. The fraction of sp³-hybridized carbons (Fsp3) is 0.0625. The molecule has 3 rings (SSSR count). The molecule has 0 aliphatic rings. The van der Waals surface area contributed by atoms with E-state index in [9.17, 15) is 5.11 Å². The van der Waals surface area contributed by atoms with Gasteiger partial charge < -0.3 is 5.11 Å². The van der Waals surface area contributed by atoms with Gasteiger partial charge in [0.15, 0.2) is 5.05 Å². The first-order valence-electron chi connectivity index (χ1n) is 5.98. The third-order valence-electron chi connectivity index (χ3n) is 3.13. The molecule has 3 aromatic rings. The second-order valence-corrected chi connectivity index (χ2v) is 5.91. The fourth-order valence-electron chi connectivity index (χ4n) is 2.20. The number of aliphatic hydroxyl groups excluding tert-OH is 1. The summed E-state index contributed by atoms with van der Waals surface area (Å²) in [6.07, 6.45) is 0. The first-order valence-corrected chi connectivity index (χ1v) is 7.21. The summed E-state index contributed by atoms with van der Waals surface area (Å²) in [5.74, 6) is 0. The van der Waals surface area contributed by atoms with Gasteiger partial charge in [-0.25, -0.2) is 0 Å². The molecule has 0 fully saturated rings. The Balaban J connectivity index is 2.34. The molecule has 2 aromatic carbocycles. The lowest BCUT2D eigenvalue weighted by molar-refractivity contribution is 0.573. The van der Waals surface area contributed by atoms with E-state index < -0.39 is 0 Å². The monoisotopic (exact) mass is 284 g/mol. The van der Waals surface area contributed by atoms with Crippen LogP contribution in [0.2, 0.25) is 0 Å². The molecule has 0 saturated heterocycles. The highest BCUT2D eigenvalue weighted by molar-refractivity contribution is 7.80. The van der Waals surface area contributed by atoms with Crippen molar-refractivity contribution < 1.29 is 5.11 Å². The molecule has 0 amide bonds. The van der Waals surface area contributed by atoms with Crippen LogP contribution in [0.4, 0.5) is 0 Å². The van der Waals surface area contributed by atoms with Gasteiger partial charge in [-0.05, 0) is 30.8 Å². The van der Waals surface area contributed by atoms with E-state index in [1.165, 1.54) is 16.9 Å². The number of thiocarbonyl (C=S) groups is 1. The van der Waals surface area contributed by atoms with E-state index in [-0.39, 0.29) is 5.05 Å². The van der Waals surface area contributed by atoms with Gasteiger partial charge in [-0.1, -0.05) is 48.0 Å². The molecule has 94 valence electrons. The first-order chi connectivity index (χ1) is 9.16. The van der Waals surface area contributed by atoms with Gasteiger partial charge in [0.1, 0.15) is 0 Å². The molecule has 3 heteroatoms. The quantitative estimate of drug-likeness (QED) is 0.660. The van der Waals surface area contributed by atoms with E-state index >= 15 is 0 Å². The summed E-state index contributed by atoms with van der Waals surface area (Å²) in [6.45, 7) is 2.06. The Labute approximate surface area is 121 Å². The van der Waals surface area contributed by atoms with Crippen LogP contribution in [0.1, 0.15) is 10.4 Å². The molecule has 0 spiro atoms. The Morgan fingerprint density at radius 1 is 1.05 bits per heavy atom. The van der Waals surface area contributed by atoms with Crippen LogP contribution in [0.25, 0.3) is 21.2 Å². The van der Waals surface area contributed by atoms with Crippen LogP contribution in [0.5, 0.6) is 0 Å². The average Bonchev–Trinajstić information content (AvgIpc) is 2.79. The Morgan fingerprint density at radius 3 is 2.42 bits per heavy atom. The Bertz CT molecular complexity index is 754. The van der Waals surface area contributed by atoms with Crippen LogP contribution < -0.4 is 0 Å². The molecular formula is C16H12OS2. The van der Waals surface area contributed by atoms with Gasteiger partial charge in [-0.15, -0.1) is 11.3 Å². The Hall–Kier alpha value is -1.71. The van der Waals surface area contributed by atoms with Crippen LogP contribution in [0.3, 0.4) is 0 Å². The summed E-state index contributed by atoms with van der Waals surface area (Å²) < 4.78 is 1.14. The molecule has 1 aromatic heterocycles. The number of fused-ring (bicyclic) bond motifs is 1. The summed E-state index contributed by atoms with van der Waals surface area (Å²) in [5.41, 5.74) is 3.35. The predicted molar refractivity (Wildman–Crippen MR) is 86.3 cm³/mol. The third-order valence-corrected chi connectivity index (χ3v) is 4.64. The van der Waals surface area contributed by atoms with Gasteiger partial charge in [0.2, 0.25) is 0 Å². The van der Waals surface area contributed by atoms with Crippen molar-refractivity contribution >= 4 is 38.7 Å². The average molecular weight is 284 g/mol. The van der Waals surface area contributed by atoms with Gasteiger partial charge in [-0.2, -0.15) is 0 Å². The lowest BCUT2D eigenvalue weighted by Crippen LogP contribution is -1.93. The van der Waals surface area contributed by atoms with Crippen molar-refractivity contribution in [1.82, 2.24) is 0 Å². The van der Waals surface area contributed by atoms with Crippen molar-refractivity contribution in [2.24, 2.45) is 0 Å². The van der Waals surface area contributed by atoms with Crippen LogP contribution >= 0.6 is 23.6 Å². The number of hydrogen-bond donors (Lipinski definition) is 1. The minimum atomic E-state index is -0.0308. The predicted octanol–water partition coefficient (Wildman–Crippen LogP) is 5.11. The number of aryl methyl sites for hydroxylation is 1. The molecule has 0 radical (unpaired) electrons. The zero-order chi connectivity index (χ0) is 13.4. The molecule has 0 aliphatic heterocycles. The summed E-state index contributed by atoms with van der Waals surface area (Å²) in [7, 11) is 0. The first kappa shape index (κ1) is 12.3. The molecule has 19 heavy (non-hydrogen) atoms. The van der Waals surface area contributed by atoms with Gasteiger partial charge >= 0.3 is 0 Å². The number of thiophene rings is 1. The normalized spacial score (nSPS) is 10.8. The van der Waals surface area contributed by atoms with E-state index in [2.05, 4.69) is 43.3 Å². The van der Waals surface area contributed by atoms with Crippen molar-refractivity contribution in [3.8, 4) is 11.1 Å². The maximum Gasteiger partial charge on any atom is 0.199 e. The van der Waals surface area contributed by atoms with E-state index in [4.69, 9.17) is 12.2 Å². The van der Waals surface area contributed by atoms with E-state index in [1.54, 1.807) is 0 Å². The van der Waals surface area contributed by atoms with Crippen molar-refractivity contribution in [1.29, 1.82) is 0 Å². The minimum absolute atomic E-state index is 0.0308. The van der Waals surface area contributed by atoms with Crippen LogP contribution in [0.15, 0.2) is 48.5 Å². The van der Waals surface area contributed by atoms with Crippen molar-refractivity contribution in [2.45, 2.75) is 6.92 Å². The minimum Gasteiger partial charge on any atom is -0.498 e. The van der Waals surface area contributed by atoms with Gasteiger partial charge in [0, 0.05) is 15.6 Å². The molecule has 0 unspecified atom stereocenters. The molecule has 0 aliphatic carbocycles. The lowest BCUT2D eigenvalue weighted by Gasteiger charge is -2.04. The van der Waals surface area contributed by atoms with Gasteiger partial charge in [-0.3, -0.25) is 0 Å². The molecule has 0 saturated carbocycles. The van der Waals surface area contributed by atoms with E-state index in [0.29, 0.717) is 0 Å². The third kappa shape index (κ3) is 2.15. The summed E-state index contributed by atoms with van der Waals surface area (Å²) in [6, 6.07) is 16.4.